The van der Waals surface area contributed by atoms with Crippen LogP contribution in [0.1, 0.15) is 23.0 Å². The summed E-state index contributed by atoms with van der Waals surface area (Å²) in [5.74, 6) is 0.983. The second-order valence-electron chi connectivity index (χ2n) is 6.00. The third-order valence-corrected chi connectivity index (χ3v) is 3.90. The monoisotopic (exact) mass is 362 g/mol. The maximum Gasteiger partial charge on any atom is 0.274 e. The van der Waals surface area contributed by atoms with Gasteiger partial charge in [-0.3, -0.25) is 4.79 Å². The van der Waals surface area contributed by atoms with Gasteiger partial charge in [-0.05, 0) is 42.8 Å². The summed E-state index contributed by atoms with van der Waals surface area (Å²) in [6.07, 6.45) is 1.59. The zero-order valence-electron chi connectivity index (χ0n) is 15.4. The Balaban J connectivity index is 1.67. The molecule has 27 heavy (non-hydrogen) atoms. The number of nitrogens with zero attached hydrogens (tertiary/aromatic N) is 3. The van der Waals surface area contributed by atoms with E-state index >= 15 is 0 Å². The number of amides is 1. The molecule has 1 heterocycles. The number of hydrogen-bond donors (Lipinski definition) is 1. The van der Waals surface area contributed by atoms with Gasteiger partial charge in [0, 0.05) is 25.5 Å². The fourth-order valence-electron chi connectivity index (χ4n) is 2.58. The van der Waals surface area contributed by atoms with Crippen LogP contribution in [0.4, 0.5) is 11.6 Å². The second-order valence-corrected chi connectivity index (χ2v) is 6.00. The molecule has 3 rings (SSSR count). The van der Waals surface area contributed by atoms with Gasteiger partial charge in [-0.1, -0.05) is 30.3 Å². The van der Waals surface area contributed by atoms with Gasteiger partial charge in [-0.25, -0.2) is 9.97 Å². The first kappa shape index (κ1) is 18.4. The minimum atomic E-state index is -0.282. The smallest absolute Gasteiger partial charge is 0.274 e. The largest absolute Gasteiger partial charge is 0.494 e. The van der Waals surface area contributed by atoms with Crippen LogP contribution >= 0.6 is 0 Å². The van der Waals surface area contributed by atoms with E-state index < -0.39 is 0 Å². The van der Waals surface area contributed by atoms with Crippen molar-refractivity contribution < 1.29 is 9.53 Å². The summed E-state index contributed by atoms with van der Waals surface area (Å²) >= 11 is 0. The SMILES string of the molecule is CCOc1ccc(NC(=O)c2ccnc(N(C)Cc3ccccc3)n2)cc1. The van der Waals surface area contributed by atoms with Gasteiger partial charge in [-0.15, -0.1) is 0 Å². The van der Waals surface area contributed by atoms with Crippen molar-refractivity contribution in [2.24, 2.45) is 0 Å². The standard InChI is InChI=1S/C21H22N4O2/c1-3-27-18-11-9-17(10-12-18)23-20(26)19-13-14-22-21(24-19)25(2)15-16-7-5-4-6-8-16/h4-14H,3,15H2,1-2H3,(H,23,26). The summed E-state index contributed by atoms with van der Waals surface area (Å²) < 4.78 is 5.40. The zero-order chi connectivity index (χ0) is 19.1. The van der Waals surface area contributed by atoms with Crippen molar-refractivity contribution in [3.8, 4) is 5.75 Å². The van der Waals surface area contributed by atoms with Crippen LogP contribution in [0.5, 0.6) is 5.75 Å². The van der Waals surface area contributed by atoms with E-state index in [9.17, 15) is 4.79 Å². The Morgan fingerprint density at radius 1 is 1.07 bits per heavy atom. The van der Waals surface area contributed by atoms with Crippen molar-refractivity contribution in [3.05, 3.63) is 78.1 Å². The normalized spacial score (nSPS) is 10.3. The number of carbonyl (C=O) groups is 1. The van der Waals surface area contributed by atoms with Crippen LogP contribution in [0.2, 0.25) is 0 Å². The van der Waals surface area contributed by atoms with E-state index in [2.05, 4.69) is 15.3 Å². The molecule has 1 amide bonds. The van der Waals surface area contributed by atoms with Gasteiger partial charge < -0.3 is 15.0 Å². The summed E-state index contributed by atoms with van der Waals surface area (Å²) in [5, 5.41) is 2.84. The van der Waals surface area contributed by atoms with Crippen molar-refractivity contribution in [2.45, 2.75) is 13.5 Å². The molecule has 0 unspecified atom stereocenters. The summed E-state index contributed by atoms with van der Waals surface area (Å²) in [6.45, 7) is 3.19. The highest BCUT2D eigenvalue weighted by Crippen LogP contribution is 2.17. The van der Waals surface area contributed by atoms with Gasteiger partial charge >= 0.3 is 0 Å². The predicted octanol–water partition coefficient (Wildman–Crippen LogP) is 3.76. The molecule has 0 aliphatic heterocycles. The first-order valence-electron chi connectivity index (χ1n) is 8.78. The van der Waals surface area contributed by atoms with E-state index in [0.717, 1.165) is 11.3 Å². The lowest BCUT2D eigenvalue weighted by Crippen LogP contribution is -2.21. The molecule has 0 saturated heterocycles. The quantitative estimate of drug-likeness (QED) is 0.693. The van der Waals surface area contributed by atoms with E-state index in [1.165, 1.54) is 0 Å². The highest BCUT2D eigenvalue weighted by Gasteiger charge is 2.12. The number of aromatic nitrogens is 2. The number of anilines is 2. The minimum Gasteiger partial charge on any atom is -0.494 e. The molecular weight excluding hydrogens is 340 g/mol. The lowest BCUT2D eigenvalue weighted by molar-refractivity contribution is 0.102. The molecule has 0 bridgehead atoms. The molecule has 0 fully saturated rings. The fraction of sp³-hybridized carbons (Fsp3) is 0.190. The summed E-state index contributed by atoms with van der Waals surface area (Å²) in [6, 6.07) is 18.9. The predicted molar refractivity (Wildman–Crippen MR) is 106 cm³/mol. The number of rotatable bonds is 7. The van der Waals surface area contributed by atoms with Crippen LogP contribution in [0.3, 0.4) is 0 Å². The molecule has 0 atom stereocenters. The van der Waals surface area contributed by atoms with Crippen molar-refractivity contribution in [3.63, 3.8) is 0 Å². The van der Waals surface area contributed by atoms with Crippen LogP contribution in [0, 0.1) is 0 Å². The average molecular weight is 362 g/mol. The van der Waals surface area contributed by atoms with E-state index in [4.69, 9.17) is 4.74 Å². The van der Waals surface area contributed by atoms with Gasteiger partial charge in [0.15, 0.2) is 0 Å². The molecule has 1 N–H and O–H groups in total. The fourth-order valence-corrected chi connectivity index (χ4v) is 2.58. The highest BCUT2D eigenvalue weighted by atomic mass is 16.5. The molecule has 0 aliphatic carbocycles. The van der Waals surface area contributed by atoms with Gasteiger partial charge in [0.1, 0.15) is 11.4 Å². The second kappa shape index (κ2) is 8.80. The molecule has 6 nitrogen and oxygen atoms in total. The molecule has 0 spiro atoms. The summed E-state index contributed by atoms with van der Waals surface area (Å²) in [5.41, 5.74) is 2.14. The number of ether oxygens (including phenoxy) is 1. The molecule has 3 aromatic rings. The Bertz CT molecular complexity index is 882. The van der Waals surface area contributed by atoms with E-state index in [0.29, 0.717) is 30.5 Å². The van der Waals surface area contributed by atoms with Gasteiger partial charge in [0.25, 0.3) is 5.91 Å². The number of benzene rings is 2. The molecule has 0 aliphatic rings. The number of carbonyl (C=O) groups excluding carboxylic acids is 1. The van der Waals surface area contributed by atoms with Gasteiger partial charge in [-0.2, -0.15) is 0 Å². The first-order valence-corrected chi connectivity index (χ1v) is 8.78. The Kier molecular flexibility index (Phi) is 5.99. The molecule has 6 heteroatoms. The summed E-state index contributed by atoms with van der Waals surface area (Å²) in [4.78, 5) is 23.1. The molecule has 138 valence electrons. The third-order valence-electron chi connectivity index (χ3n) is 3.90. The molecule has 0 saturated carbocycles. The van der Waals surface area contributed by atoms with Crippen LogP contribution < -0.4 is 15.0 Å². The topological polar surface area (TPSA) is 67.3 Å². The lowest BCUT2D eigenvalue weighted by atomic mass is 10.2. The highest BCUT2D eigenvalue weighted by molar-refractivity contribution is 6.03. The van der Waals surface area contributed by atoms with Crippen LogP contribution in [-0.2, 0) is 6.54 Å². The number of nitrogens with one attached hydrogen (secondary N) is 1. The van der Waals surface area contributed by atoms with Crippen LogP contribution in [0.25, 0.3) is 0 Å². The molecule has 2 aromatic carbocycles. The third kappa shape index (κ3) is 5.04. The molecular formula is C21H22N4O2. The molecule has 0 radical (unpaired) electrons. The minimum absolute atomic E-state index is 0.282. The van der Waals surface area contributed by atoms with Crippen LogP contribution in [-0.4, -0.2) is 29.5 Å². The van der Waals surface area contributed by atoms with Crippen molar-refractivity contribution in [1.29, 1.82) is 0 Å². The summed E-state index contributed by atoms with van der Waals surface area (Å²) in [7, 11) is 1.90. The Hall–Kier alpha value is -3.41. The van der Waals surface area contributed by atoms with Crippen molar-refractivity contribution in [2.75, 3.05) is 23.9 Å². The van der Waals surface area contributed by atoms with E-state index in [-0.39, 0.29) is 5.91 Å². The van der Waals surface area contributed by atoms with Crippen LogP contribution in [0.15, 0.2) is 66.9 Å². The average Bonchev–Trinajstić information content (AvgIpc) is 2.70. The Morgan fingerprint density at radius 3 is 2.52 bits per heavy atom. The molecule has 1 aromatic heterocycles. The lowest BCUT2D eigenvalue weighted by Gasteiger charge is -2.17. The number of hydrogen-bond acceptors (Lipinski definition) is 5. The Morgan fingerprint density at radius 2 is 1.81 bits per heavy atom. The van der Waals surface area contributed by atoms with Gasteiger partial charge in [0.05, 0.1) is 6.61 Å². The maximum absolute atomic E-state index is 12.5. The maximum atomic E-state index is 12.5. The van der Waals surface area contributed by atoms with Crippen molar-refractivity contribution >= 4 is 17.5 Å². The van der Waals surface area contributed by atoms with Crippen molar-refractivity contribution in [1.82, 2.24) is 9.97 Å². The first-order chi connectivity index (χ1) is 13.2. The van der Waals surface area contributed by atoms with E-state index in [1.54, 1.807) is 24.4 Å². The van der Waals surface area contributed by atoms with E-state index in [1.807, 2.05) is 61.3 Å². The zero-order valence-corrected chi connectivity index (χ0v) is 15.4. The Labute approximate surface area is 158 Å². The van der Waals surface area contributed by atoms with Gasteiger partial charge in [0.2, 0.25) is 5.95 Å².